The number of rotatable bonds is 4. The molecular weight excluding hydrogens is 256 g/mol. The lowest BCUT2D eigenvalue weighted by molar-refractivity contribution is 0.604. The first-order valence-corrected chi connectivity index (χ1v) is 6.49. The molecule has 0 saturated heterocycles. The van der Waals surface area contributed by atoms with Gasteiger partial charge in [-0.1, -0.05) is 31.2 Å². The van der Waals surface area contributed by atoms with Crippen molar-refractivity contribution in [3.63, 3.8) is 0 Å². The van der Waals surface area contributed by atoms with Gasteiger partial charge in [0, 0.05) is 20.6 Å². The Hall–Kier alpha value is -2.37. The molecule has 0 aliphatic heterocycles. The summed E-state index contributed by atoms with van der Waals surface area (Å²) in [6.45, 7) is 2.59. The average Bonchev–Trinajstić information content (AvgIpc) is 2.47. The molecule has 0 aliphatic carbocycles. The van der Waals surface area contributed by atoms with Gasteiger partial charge in [-0.25, -0.2) is 9.48 Å². The highest BCUT2D eigenvalue weighted by atomic mass is 16.2. The van der Waals surface area contributed by atoms with E-state index in [1.165, 1.54) is 19.7 Å². The smallest absolute Gasteiger partial charge is 0.346 e. The van der Waals surface area contributed by atoms with E-state index in [4.69, 9.17) is 0 Å². The largest absolute Gasteiger partial charge is 0.360 e. The molecule has 1 aromatic heterocycles. The maximum atomic E-state index is 11.9. The predicted octanol–water partition coefficient (Wildman–Crippen LogP) is 0.653. The van der Waals surface area contributed by atoms with E-state index in [1.54, 1.807) is 0 Å². The van der Waals surface area contributed by atoms with Crippen molar-refractivity contribution in [3.8, 4) is 0 Å². The van der Waals surface area contributed by atoms with Crippen LogP contribution in [0.3, 0.4) is 0 Å². The molecule has 0 radical (unpaired) electrons. The number of nitrogens with zero attached hydrogens (tertiary/aromatic N) is 3. The first-order valence-electron chi connectivity index (χ1n) is 6.49. The summed E-state index contributed by atoms with van der Waals surface area (Å²) >= 11 is 0. The third kappa shape index (κ3) is 2.64. The standard InChI is InChI=1S/C14H18N4O2/c1-4-10-7-5-6-8-11(10)9-15-12-13(19)17(2)14(20)18(3)16-12/h5-8H,4,9H2,1-3H3,(H,15,16). The van der Waals surface area contributed by atoms with Crippen LogP contribution in [0.5, 0.6) is 0 Å². The van der Waals surface area contributed by atoms with Crippen LogP contribution in [0.25, 0.3) is 0 Å². The van der Waals surface area contributed by atoms with Crippen molar-refractivity contribution in [2.24, 2.45) is 14.1 Å². The van der Waals surface area contributed by atoms with Crippen LogP contribution in [0, 0.1) is 0 Å². The molecule has 106 valence electrons. The topological polar surface area (TPSA) is 68.9 Å². The first kappa shape index (κ1) is 14.0. The van der Waals surface area contributed by atoms with Crippen LogP contribution in [0.15, 0.2) is 33.9 Å². The zero-order valence-electron chi connectivity index (χ0n) is 11.9. The number of nitrogens with one attached hydrogen (secondary N) is 1. The zero-order chi connectivity index (χ0) is 14.7. The van der Waals surface area contributed by atoms with Gasteiger partial charge in [0.25, 0.3) is 5.56 Å². The average molecular weight is 274 g/mol. The third-order valence-electron chi connectivity index (χ3n) is 3.27. The zero-order valence-corrected chi connectivity index (χ0v) is 11.9. The molecule has 6 heteroatoms. The molecule has 0 bridgehead atoms. The van der Waals surface area contributed by atoms with Gasteiger partial charge in [0.15, 0.2) is 0 Å². The van der Waals surface area contributed by atoms with E-state index >= 15 is 0 Å². The van der Waals surface area contributed by atoms with Gasteiger partial charge in [-0.3, -0.25) is 9.36 Å². The Balaban J connectivity index is 2.28. The molecule has 1 aromatic carbocycles. The second-order valence-electron chi connectivity index (χ2n) is 4.59. The molecule has 0 fully saturated rings. The summed E-state index contributed by atoms with van der Waals surface area (Å²) in [5, 5.41) is 6.97. The van der Waals surface area contributed by atoms with Crippen LogP contribution in [-0.4, -0.2) is 14.3 Å². The highest BCUT2D eigenvalue weighted by Crippen LogP contribution is 2.10. The summed E-state index contributed by atoms with van der Waals surface area (Å²) in [5.41, 5.74) is 1.49. The van der Waals surface area contributed by atoms with E-state index in [9.17, 15) is 9.59 Å². The molecule has 20 heavy (non-hydrogen) atoms. The van der Waals surface area contributed by atoms with Crippen molar-refractivity contribution >= 4 is 5.82 Å². The highest BCUT2D eigenvalue weighted by molar-refractivity contribution is 5.35. The molecule has 2 aromatic rings. The minimum Gasteiger partial charge on any atom is -0.360 e. The second-order valence-corrected chi connectivity index (χ2v) is 4.59. The second kappa shape index (κ2) is 5.73. The SMILES string of the molecule is CCc1ccccc1CNc1nn(C)c(=O)n(C)c1=O. The van der Waals surface area contributed by atoms with E-state index in [2.05, 4.69) is 23.4 Å². The van der Waals surface area contributed by atoms with Crippen molar-refractivity contribution in [3.05, 3.63) is 56.2 Å². The van der Waals surface area contributed by atoms with E-state index in [-0.39, 0.29) is 5.82 Å². The van der Waals surface area contributed by atoms with Crippen molar-refractivity contribution < 1.29 is 0 Å². The third-order valence-corrected chi connectivity index (χ3v) is 3.27. The Morgan fingerprint density at radius 3 is 2.45 bits per heavy atom. The molecular formula is C14H18N4O2. The number of hydrogen-bond acceptors (Lipinski definition) is 4. The van der Waals surface area contributed by atoms with E-state index in [0.717, 1.165) is 21.2 Å². The minimum absolute atomic E-state index is 0.181. The van der Waals surface area contributed by atoms with Gasteiger partial charge in [0.1, 0.15) is 0 Å². The summed E-state index contributed by atoms with van der Waals surface area (Å²) in [5.74, 6) is 0.181. The molecule has 0 saturated carbocycles. The van der Waals surface area contributed by atoms with Gasteiger partial charge in [-0.05, 0) is 17.5 Å². The Labute approximate surface area is 116 Å². The summed E-state index contributed by atoms with van der Waals surface area (Å²) in [6, 6.07) is 8.02. The number of benzene rings is 1. The predicted molar refractivity (Wildman–Crippen MR) is 77.9 cm³/mol. The van der Waals surface area contributed by atoms with Crippen LogP contribution in [0.4, 0.5) is 5.82 Å². The highest BCUT2D eigenvalue weighted by Gasteiger charge is 2.08. The van der Waals surface area contributed by atoms with Crippen LogP contribution < -0.4 is 16.6 Å². The maximum Gasteiger partial charge on any atom is 0.346 e. The molecule has 6 nitrogen and oxygen atoms in total. The normalized spacial score (nSPS) is 10.6. The van der Waals surface area contributed by atoms with Crippen molar-refractivity contribution in [1.82, 2.24) is 14.3 Å². The Kier molecular flexibility index (Phi) is 4.02. The fraction of sp³-hybridized carbons (Fsp3) is 0.357. The molecule has 0 unspecified atom stereocenters. The number of hydrogen-bond donors (Lipinski definition) is 1. The lowest BCUT2D eigenvalue weighted by atomic mass is 10.1. The number of anilines is 1. The molecule has 1 heterocycles. The summed E-state index contributed by atoms with van der Waals surface area (Å²) < 4.78 is 2.19. The lowest BCUT2D eigenvalue weighted by Gasteiger charge is -2.10. The molecule has 0 aliphatic rings. The summed E-state index contributed by atoms with van der Waals surface area (Å²) in [6.07, 6.45) is 0.927. The van der Waals surface area contributed by atoms with Crippen molar-refractivity contribution in [1.29, 1.82) is 0 Å². The Morgan fingerprint density at radius 2 is 1.80 bits per heavy atom. The molecule has 1 N–H and O–H groups in total. The summed E-state index contributed by atoms with van der Waals surface area (Å²) in [4.78, 5) is 23.5. The number of aryl methyl sites for hydroxylation is 2. The summed E-state index contributed by atoms with van der Waals surface area (Å²) in [7, 11) is 2.96. The van der Waals surface area contributed by atoms with E-state index in [1.807, 2.05) is 18.2 Å². The van der Waals surface area contributed by atoms with Gasteiger partial charge in [0.2, 0.25) is 5.82 Å². The van der Waals surface area contributed by atoms with Crippen molar-refractivity contribution in [2.45, 2.75) is 19.9 Å². The fourth-order valence-corrected chi connectivity index (χ4v) is 2.06. The van der Waals surface area contributed by atoms with E-state index in [0.29, 0.717) is 6.54 Å². The van der Waals surface area contributed by atoms with Crippen LogP contribution in [0.1, 0.15) is 18.1 Å². The minimum atomic E-state index is -0.436. The van der Waals surface area contributed by atoms with Crippen LogP contribution >= 0.6 is 0 Å². The van der Waals surface area contributed by atoms with E-state index < -0.39 is 11.2 Å². The monoisotopic (exact) mass is 274 g/mol. The quantitative estimate of drug-likeness (QED) is 0.889. The number of aromatic nitrogens is 3. The van der Waals surface area contributed by atoms with Crippen LogP contribution in [0.2, 0.25) is 0 Å². The Bertz CT molecular complexity index is 731. The first-order chi connectivity index (χ1) is 9.54. The van der Waals surface area contributed by atoms with Crippen LogP contribution in [-0.2, 0) is 27.1 Å². The van der Waals surface area contributed by atoms with Gasteiger partial charge >= 0.3 is 5.69 Å². The fourth-order valence-electron chi connectivity index (χ4n) is 2.06. The molecule has 2 rings (SSSR count). The van der Waals surface area contributed by atoms with Crippen molar-refractivity contribution in [2.75, 3.05) is 5.32 Å². The van der Waals surface area contributed by atoms with Gasteiger partial charge in [0.05, 0.1) is 0 Å². The van der Waals surface area contributed by atoms with Gasteiger partial charge < -0.3 is 5.32 Å². The van der Waals surface area contributed by atoms with Gasteiger partial charge in [-0.15, -0.1) is 5.10 Å². The lowest BCUT2D eigenvalue weighted by Crippen LogP contribution is -2.39. The molecule has 0 amide bonds. The molecule has 0 atom stereocenters. The Morgan fingerprint density at radius 1 is 1.15 bits per heavy atom. The maximum absolute atomic E-state index is 11.9. The van der Waals surface area contributed by atoms with Gasteiger partial charge in [-0.2, -0.15) is 0 Å². The molecule has 0 spiro atoms.